The molecule has 0 N–H and O–H groups in total. The largest absolute Gasteiger partial charge is 0.462 e. The second kappa shape index (κ2) is 6.93. The van der Waals surface area contributed by atoms with Gasteiger partial charge in [-0.05, 0) is 45.0 Å². The number of aromatic nitrogens is 2. The van der Waals surface area contributed by atoms with Gasteiger partial charge in [-0.15, -0.1) is 0 Å². The van der Waals surface area contributed by atoms with Crippen molar-refractivity contribution in [1.29, 1.82) is 0 Å². The van der Waals surface area contributed by atoms with Crippen molar-refractivity contribution in [1.82, 2.24) is 9.56 Å². The van der Waals surface area contributed by atoms with Crippen LogP contribution in [0.3, 0.4) is 0 Å². The molecule has 0 unspecified atom stereocenters. The smallest absolute Gasteiger partial charge is 0.344 e. The molecule has 9 heteroatoms. The third kappa shape index (κ3) is 3.13. The summed E-state index contributed by atoms with van der Waals surface area (Å²) in [6.45, 7) is 5.03. The van der Waals surface area contributed by atoms with E-state index in [2.05, 4.69) is 5.16 Å². The van der Waals surface area contributed by atoms with E-state index in [1.165, 1.54) is 19.9 Å². The number of ether oxygens (including phenoxy) is 1. The van der Waals surface area contributed by atoms with Crippen LogP contribution in [0, 0.1) is 13.8 Å². The molecule has 0 atom stereocenters. The first kappa shape index (κ1) is 19.0. The molecule has 0 aliphatic heterocycles. The SMILES string of the molecule is CCOC(=O)c1c2ccc(OS(=O)(=O)c3c(C)noc3C)cc2n2ccccc12. The Hall–Kier alpha value is -3.33. The lowest BCUT2D eigenvalue weighted by Crippen LogP contribution is -2.11. The number of carbonyl (C=O) groups is 1. The van der Waals surface area contributed by atoms with E-state index >= 15 is 0 Å². The number of carbonyl (C=O) groups excluding carboxylic acids is 1. The average molecular weight is 414 g/mol. The fourth-order valence-electron chi connectivity index (χ4n) is 3.39. The number of nitrogens with zero attached hydrogens (tertiary/aromatic N) is 2. The number of aryl methyl sites for hydroxylation is 2. The van der Waals surface area contributed by atoms with Gasteiger partial charge >= 0.3 is 16.1 Å². The second-order valence-electron chi connectivity index (χ2n) is 6.42. The number of hydrogen-bond donors (Lipinski definition) is 0. The monoisotopic (exact) mass is 414 g/mol. The standard InChI is InChI=1S/C20H18N2O6S/c1-4-26-20(23)18-15-9-8-14(11-17(15)22-10-6-5-7-16(18)22)28-29(24,25)19-12(2)21-27-13(19)3/h5-11H,4H2,1-3H3. The minimum atomic E-state index is -4.13. The Morgan fingerprint density at radius 1 is 1.17 bits per heavy atom. The number of rotatable bonds is 5. The Kier molecular flexibility index (Phi) is 4.54. The summed E-state index contributed by atoms with van der Waals surface area (Å²) in [5.41, 5.74) is 1.92. The van der Waals surface area contributed by atoms with Gasteiger partial charge in [0.15, 0.2) is 10.7 Å². The van der Waals surface area contributed by atoms with Crippen LogP contribution in [-0.2, 0) is 14.9 Å². The quantitative estimate of drug-likeness (QED) is 0.363. The topological polar surface area (TPSA) is 100 Å². The van der Waals surface area contributed by atoms with E-state index in [0.29, 0.717) is 22.0 Å². The fourth-order valence-corrected chi connectivity index (χ4v) is 4.62. The fraction of sp³-hybridized carbons (Fsp3) is 0.200. The van der Waals surface area contributed by atoms with Crippen LogP contribution >= 0.6 is 0 Å². The van der Waals surface area contributed by atoms with Gasteiger partial charge in [0, 0.05) is 17.6 Å². The lowest BCUT2D eigenvalue weighted by Gasteiger charge is -2.07. The number of fused-ring (bicyclic) bond motifs is 3. The lowest BCUT2D eigenvalue weighted by molar-refractivity contribution is 0.0531. The summed E-state index contributed by atoms with van der Waals surface area (Å²) >= 11 is 0. The zero-order valence-corrected chi connectivity index (χ0v) is 16.8. The predicted molar refractivity (Wildman–Crippen MR) is 105 cm³/mol. The normalized spacial score (nSPS) is 11.8. The number of hydrogen-bond acceptors (Lipinski definition) is 7. The lowest BCUT2D eigenvalue weighted by atomic mass is 10.1. The van der Waals surface area contributed by atoms with E-state index in [1.807, 2.05) is 12.1 Å². The molecule has 3 heterocycles. The molecular formula is C20H18N2O6S. The molecular weight excluding hydrogens is 396 g/mol. The van der Waals surface area contributed by atoms with Crippen LogP contribution in [0.25, 0.3) is 16.4 Å². The summed E-state index contributed by atoms with van der Waals surface area (Å²) in [4.78, 5) is 12.4. The van der Waals surface area contributed by atoms with E-state index in [4.69, 9.17) is 13.4 Å². The Labute approximate surface area is 166 Å². The summed E-state index contributed by atoms with van der Waals surface area (Å²) in [5.74, 6) is -0.180. The van der Waals surface area contributed by atoms with Crippen molar-refractivity contribution in [2.45, 2.75) is 25.7 Å². The van der Waals surface area contributed by atoms with E-state index < -0.39 is 16.1 Å². The van der Waals surface area contributed by atoms with Gasteiger partial charge in [0.2, 0.25) is 0 Å². The van der Waals surface area contributed by atoms with Crippen molar-refractivity contribution < 1.29 is 26.7 Å². The molecule has 29 heavy (non-hydrogen) atoms. The molecule has 0 saturated heterocycles. The van der Waals surface area contributed by atoms with Crippen molar-refractivity contribution in [3.05, 3.63) is 59.6 Å². The van der Waals surface area contributed by atoms with Crippen LogP contribution in [0.2, 0.25) is 0 Å². The van der Waals surface area contributed by atoms with Gasteiger partial charge in [0.05, 0.1) is 23.2 Å². The summed E-state index contributed by atoms with van der Waals surface area (Å²) in [6, 6.07) is 10.1. The molecule has 150 valence electrons. The van der Waals surface area contributed by atoms with Gasteiger partial charge in [-0.2, -0.15) is 8.42 Å². The molecule has 0 spiro atoms. The Bertz CT molecular complexity index is 1330. The van der Waals surface area contributed by atoms with E-state index in [1.54, 1.807) is 35.7 Å². The highest BCUT2D eigenvalue weighted by molar-refractivity contribution is 7.87. The van der Waals surface area contributed by atoms with Crippen LogP contribution in [0.1, 0.15) is 28.7 Å². The first-order valence-corrected chi connectivity index (χ1v) is 10.3. The third-order valence-corrected chi connectivity index (χ3v) is 6.01. The van der Waals surface area contributed by atoms with Crippen molar-refractivity contribution >= 4 is 32.5 Å². The maximum absolute atomic E-state index is 12.7. The molecule has 4 rings (SSSR count). The highest BCUT2D eigenvalue weighted by atomic mass is 32.2. The van der Waals surface area contributed by atoms with Crippen LogP contribution < -0.4 is 4.18 Å². The minimum Gasteiger partial charge on any atom is -0.462 e. The maximum Gasteiger partial charge on any atom is 0.344 e. The van der Waals surface area contributed by atoms with Gasteiger partial charge in [-0.1, -0.05) is 11.2 Å². The van der Waals surface area contributed by atoms with Crippen LogP contribution in [-0.4, -0.2) is 30.6 Å². The molecule has 0 aliphatic rings. The zero-order valence-electron chi connectivity index (χ0n) is 16.0. The number of esters is 1. The summed E-state index contributed by atoms with van der Waals surface area (Å²) in [6.07, 6.45) is 1.78. The first-order chi connectivity index (χ1) is 13.8. The molecule has 4 aromatic rings. The Morgan fingerprint density at radius 2 is 1.97 bits per heavy atom. The van der Waals surface area contributed by atoms with Crippen LogP contribution in [0.5, 0.6) is 5.75 Å². The van der Waals surface area contributed by atoms with Crippen molar-refractivity contribution in [3.63, 3.8) is 0 Å². The van der Waals surface area contributed by atoms with Crippen molar-refractivity contribution in [3.8, 4) is 5.75 Å². The Balaban J connectivity index is 1.85. The van der Waals surface area contributed by atoms with Gasteiger partial charge in [-0.3, -0.25) is 0 Å². The van der Waals surface area contributed by atoms with E-state index in [-0.39, 0.29) is 28.7 Å². The summed E-state index contributed by atoms with van der Waals surface area (Å²) < 4.78 is 42.6. The zero-order chi connectivity index (χ0) is 20.8. The molecule has 8 nitrogen and oxygen atoms in total. The highest BCUT2D eigenvalue weighted by Gasteiger charge is 2.27. The summed E-state index contributed by atoms with van der Waals surface area (Å²) in [5, 5.41) is 4.30. The van der Waals surface area contributed by atoms with Crippen LogP contribution in [0.15, 0.2) is 52.0 Å². The number of pyridine rings is 1. The molecule has 3 aromatic heterocycles. The first-order valence-electron chi connectivity index (χ1n) is 8.90. The molecule has 0 saturated carbocycles. The molecule has 0 fully saturated rings. The predicted octanol–water partition coefficient (Wildman–Crippen LogP) is 3.64. The van der Waals surface area contributed by atoms with Gasteiger partial charge < -0.3 is 17.8 Å². The summed E-state index contributed by atoms with van der Waals surface area (Å²) in [7, 11) is -4.13. The molecule has 0 bridgehead atoms. The van der Waals surface area contributed by atoms with E-state index in [9.17, 15) is 13.2 Å². The second-order valence-corrected chi connectivity index (χ2v) is 7.90. The minimum absolute atomic E-state index is 0.0928. The third-order valence-electron chi connectivity index (χ3n) is 4.52. The number of benzene rings is 1. The van der Waals surface area contributed by atoms with E-state index in [0.717, 1.165) is 0 Å². The highest BCUT2D eigenvalue weighted by Crippen LogP contribution is 2.32. The van der Waals surface area contributed by atoms with Crippen molar-refractivity contribution in [2.75, 3.05) is 6.61 Å². The van der Waals surface area contributed by atoms with Crippen LogP contribution in [0.4, 0.5) is 0 Å². The molecule has 0 aliphatic carbocycles. The average Bonchev–Trinajstić information content (AvgIpc) is 3.18. The van der Waals surface area contributed by atoms with Gasteiger partial charge in [0.25, 0.3) is 0 Å². The maximum atomic E-state index is 12.7. The van der Waals surface area contributed by atoms with Gasteiger partial charge in [-0.25, -0.2) is 4.79 Å². The van der Waals surface area contributed by atoms with Gasteiger partial charge in [0.1, 0.15) is 11.4 Å². The molecule has 0 amide bonds. The Morgan fingerprint density at radius 3 is 2.66 bits per heavy atom. The van der Waals surface area contributed by atoms with Crippen molar-refractivity contribution in [2.24, 2.45) is 0 Å². The molecule has 0 radical (unpaired) electrons. The molecule has 1 aromatic carbocycles.